The Morgan fingerprint density at radius 1 is 1.31 bits per heavy atom. The molecule has 6 nitrogen and oxygen atoms in total. The Bertz CT molecular complexity index is 799. The first-order valence-corrected chi connectivity index (χ1v) is 8.52. The van der Waals surface area contributed by atoms with E-state index in [1.54, 1.807) is 29.2 Å². The molecule has 0 bridgehead atoms. The first-order valence-electron chi connectivity index (χ1n) is 8.52. The van der Waals surface area contributed by atoms with E-state index in [-0.39, 0.29) is 30.9 Å². The van der Waals surface area contributed by atoms with Gasteiger partial charge >= 0.3 is 0 Å². The number of aromatic nitrogens is 1. The van der Waals surface area contributed by atoms with Gasteiger partial charge in [0, 0.05) is 24.2 Å². The molecule has 26 heavy (non-hydrogen) atoms. The van der Waals surface area contributed by atoms with Crippen molar-refractivity contribution >= 4 is 5.91 Å². The molecule has 2 fully saturated rings. The van der Waals surface area contributed by atoms with Crippen molar-refractivity contribution in [3.05, 3.63) is 59.5 Å². The lowest BCUT2D eigenvalue weighted by atomic mass is 9.85. The Morgan fingerprint density at radius 2 is 2.08 bits per heavy atom. The minimum Gasteiger partial charge on any atom is -0.472 e. The van der Waals surface area contributed by atoms with Crippen LogP contribution in [0.15, 0.2) is 42.6 Å². The highest BCUT2D eigenvalue weighted by molar-refractivity contribution is 5.95. The second kappa shape index (κ2) is 6.66. The third-order valence-electron chi connectivity index (χ3n) is 4.73. The molecular weight excluding hydrogens is 339 g/mol. The van der Waals surface area contributed by atoms with Crippen LogP contribution in [0.1, 0.15) is 22.3 Å². The number of β-amino-alcohol motifs (C(OH)–C–C–N with tert-alkyl or cyclic N) is 1. The molecule has 7 heteroatoms. The van der Waals surface area contributed by atoms with E-state index in [0.717, 1.165) is 6.42 Å². The number of amides is 1. The normalized spacial score (nSPS) is 21.3. The van der Waals surface area contributed by atoms with E-state index in [9.17, 15) is 14.3 Å². The summed E-state index contributed by atoms with van der Waals surface area (Å²) in [7, 11) is 0. The Morgan fingerprint density at radius 3 is 2.77 bits per heavy atom. The van der Waals surface area contributed by atoms with Crippen LogP contribution >= 0.6 is 0 Å². The summed E-state index contributed by atoms with van der Waals surface area (Å²) in [6, 6.07) is 8.91. The summed E-state index contributed by atoms with van der Waals surface area (Å²) in [5.74, 6) is -0.172. The summed E-state index contributed by atoms with van der Waals surface area (Å²) in [6.45, 7) is 1.51. The predicted octanol–water partition coefficient (Wildman–Crippen LogP) is 1.73. The minimum absolute atomic E-state index is 0.0413. The van der Waals surface area contributed by atoms with Gasteiger partial charge in [0.25, 0.3) is 5.91 Å². The Labute approximate surface area is 150 Å². The van der Waals surface area contributed by atoms with Gasteiger partial charge in [0.2, 0.25) is 5.88 Å². The van der Waals surface area contributed by atoms with Crippen molar-refractivity contribution in [1.29, 1.82) is 0 Å². The van der Waals surface area contributed by atoms with Crippen LogP contribution in [-0.2, 0) is 10.3 Å². The summed E-state index contributed by atoms with van der Waals surface area (Å²) in [4.78, 5) is 18.3. The van der Waals surface area contributed by atoms with E-state index >= 15 is 0 Å². The number of hydrogen-bond donors (Lipinski definition) is 1. The van der Waals surface area contributed by atoms with Gasteiger partial charge in [0.15, 0.2) is 0 Å². The topological polar surface area (TPSA) is 71.9 Å². The zero-order chi connectivity index (χ0) is 18.1. The predicted molar refractivity (Wildman–Crippen MR) is 90.3 cm³/mol. The molecular formula is C19H19FN2O4. The molecule has 4 rings (SSSR count). The molecule has 0 saturated carbocycles. The van der Waals surface area contributed by atoms with Crippen LogP contribution in [0, 0.1) is 5.82 Å². The van der Waals surface area contributed by atoms with Crippen molar-refractivity contribution in [3.8, 4) is 5.88 Å². The molecule has 1 amide bonds. The fourth-order valence-electron chi connectivity index (χ4n) is 3.24. The maximum Gasteiger partial charge on any atom is 0.254 e. The van der Waals surface area contributed by atoms with Gasteiger partial charge < -0.3 is 19.5 Å². The standard InChI is InChI=1S/C19H19FN2O4/c20-15-3-1-14(2-4-15)19(24)11-22(12-19)18(23)13-5-7-21-17(9-13)26-16-6-8-25-10-16/h1-5,7,9,16,24H,6,8,10-12H2. The highest BCUT2D eigenvalue weighted by Crippen LogP contribution is 2.33. The van der Waals surface area contributed by atoms with Gasteiger partial charge in [-0.15, -0.1) is 0 Å². The number of pyridine rings is 1. The number of nitrogens with zero attached hydrogens (tertiary/aromatic N) is 2. The largest absolute Gasteiger partial charge is 0.472 e. The third-order valence-corrected chi connectivity index (χ3v) is 4.73. The van der Waals surface area contributed by atoms with Gasteiger partial charge in [-0.05, 0) is 23.8 Å². The van der Waals surface area contributed by atoms with Crippen molar-refractivity contribution in [3.63, 3.8) is 0 Å². The van der Waals surface area contributed by atoms with E-state index in [4.69, 9.17) is 9.47 Å². The van der Waals surface area contributed by atoms with Crippen LogP contribution in [0.25, 0.3) is 0 Å². The summed E-state index contributed by atoms with van der Waals surface area (Å²) in [5, 5.41) is 10.6. The average molecular weight is 358 g/mol. The molecule has 1 atom stereocenters. The Balaban J connectivity index is 1.41. The molecule has 1 aromatic carbocycles. The summed E-state index contributed by atoms with van der Waals surface area (Å²) in [5.41, 5.74) is -0.0882. The van der Waals surface area contributed by atoms with Crippen molar-refractivity contribution in [2.75, 3.05) is 26.3 Å². The molecule has 2 aromatic rings. The van der Waals surface area contributed by atoms with Crippen LogP contribution < -0.4 is 4.74 Å². The van der Waals surface area contributed by atoms with E-state index < -0.39 is 5.60 Å². The first-order chi connectivity index (χ1) is 12.5. The number of benzene rings is 1. The smallest absolute Gasteiger partial charge is 0.254 e. The highest BCUT2D eigenvalue weighted by atomic mass is 19.1. The van der Waals surface area contributed by atoms with Gasteiger partial charge in [-0.1, -0.05) is 12.1 Å². The third kappa shape index (κ3) is 3.27. The average Bonchev–Trinajstić information content (AvgIpc) is 3.12. The number of carbonyl (C=O) groups is 1. The van der Waals surface area contributed by atoms with Crippen LogP contribution in [0.3, 0.4) is 0 Å². The molecule has 3 heterocycles. The molecule has 0 aliphatic carbocycles. The summed E-state index contributed by atoms with van der Waals surface area (Å²) < 4.78 is 24.0. The van der Waals surface area contributed by atoms with E-state index in [0.29, 0.717) is 30.2 Å². The van der Waals surface area contributed by atoms with Gasteiger partial charge in [0.1, 0.15) is 17.5 Å². The Hall–Kier alpha value is -2.51. The second-order valence-electron chi connectivity index (χ2n) is 6.69. The van der Waals surface area contributed by atoms with Gasteiger partial charge in [0.05, 0.1) is 26.3 Å². The summed E-state index contributed by atoms with van der Waals surface area (Å²) >= 11 is 0. The molecule has 0 radical (unpaired) electrons. The molecule has 2 saturated heterocycles. The number of likely N-dealkylation sites (tertiary alicyclic amines) is 1. The molecule has 2 aliphatic heterocycles. The summed E-state index contributed by atoms with van der Waals surface area (Å²) in [6.07, 6.45) is 2.29. The quantitative estimate of drug-likeness (QED) is 0.901. The molecule has 136 valence electrons. The zero-order valence-corrected chi connectivity index (χ0v) is 14.1. The van der Waals surface area contributed by atoms with E-state index in [2.05, 4.69) is 4.98 Å². The van der Waals surface area contributed by atoms with Crippen LogP contribution in [-0.4, -0.2) is 53.3 Å². The fourth-order valence-corrected chi connectivity index (χ4v) is 3.24. The number of carbonyl (C=O) groups excluding carboxylic acids is 1. The second-order valence-corrected chi connectivity index (χ2v) is 6.69. The van der Waals surface area contributed by atoms with Crippen LogP contribution in [0.5, 0.6) is 5.88 Å². The number of rotatable bonds is 4. The van der Waals surface area contributed by atoms with Crippen LogP contribution in [0.4, 0.5) is 4.39 Å². The van der Waals surface area contributed by atoms with Crippen LogP contribution in [0.2, 0.25) is 0 Å². The fraction of sp³-hybridized carbons (Fsp3) is 0.368. The number of aliphatic hydroxyl groups is 1. The lowest BCUT2D eigenvalue weighted by Crippen LogP contribution is -2.61. The minimum atomic E-state index is -1.14. The molecule has 1 unspecified atom stereocenters. The lowest BCUT2D eigenvalue weighted by molar-refractivity contribution is -0.0864. The van der Waals surface area contributed by atoms with Gasteiger partial charge in [-0.25, -0.2) is 9.37 Å². The van der Waals surface area contributed by atoms with E-state index in [1.807, 2.05) is 0 Å². The number of hydrogen-bond acceptors (Lipinski definition) is 5. The van der Waals surface area contributed by atoms with Crippen molar-refractivity contribution in [2.24, 2.45) is 0 Å². The van der Waals surface area contributed by atoms with Gasteiger partial charge in [-0.3, -0.25) is 4.79 Å². The maximum absolute atomic E-state index is 13.0. The number of halogens is 1. The lowest BCUT2D eigenvalue weighted by Gasteiger charge is -2.46. The number of ether oxygens (including phenoxy) is 2. The maximum atomic E-state index is 13.0. The molecule has 1 aromatic heterocycles. The molecule has 0 spiro atoms. The molecule has 2 aliphatic rings. The van der Waals surface area contributed by atoms with Crippen molar-refractivity contribution < 1.29 is 23.8 Å². The zero-order valence-electron chi connectivity index (χ0n) is 14.1. The van der Waals surface area contributed by atoms with Crippen molar-refractivity contribution in [2.45, 2.75) is 18.1 Å². The van der Waals surface area contributed by atoms with E-state index in [1.165, 1.54) is 18.3 Å². The molecule has 1 N–H and O–H groups in total. The first kappa shape index (κ1) is 16.9. The SMILES string of the molecule is O=C(c1ccnc(OC2CCOC2)c1)N1CC(O)(c2ccc(F)cc2)C1. The van der Waals surface area contributed by atoms with Crippen molar-refractivity contribution in [1.82, 2.24) is 9.88 Å². The monoisotopic (exact) mass is 358 g/mol. The highest BCUT2D eigenvalue weighted by Gasteiger charge is 2.45. The Kier molecular flexibility index (Phi) is 4.34. The van der Waals surface area contributed by atoms with Gasteiger partial charge in [-0.2, -0.15) is 0 Å².